The molecule has 1 aliphatic carbocycles. The lowest BCUT2D eigenvalue weighted by Gasteiger charge is -2.37. The molecule has 0 aromatic heterocycles. The topological polar surface area (TPSA) is 12.5 Å². The standard InChI is InChI=1S/C15H29NOS/c1-2-17-12-13-6-5-9-16(10-13)11-14-7-3-4-8-15(14)18/h13-15,18H,2-12H2,1H3/t13-,14-,15?/m1/s1. The van der Waals surface area contributed by atoms with Gasteiger partial charge in [-0.15, -0.1) is 0 Å². The highest BCUT2D eigenvalue weighted by atomic mass is 32.1. The summed E-state index contributed by atoms with van der Waals surface area (Å²) in [6, 6.07) is 0. The maximum Gasteiger partial charge on any atom is 0.0506 e. The minimum Gasteiger partial charge on any atom is -0.381 e. The molecule has 0 N–H and O–H groups in total. The SMILES string of the molecule is CCOC[C@@H]1CCCN(C[C@H]2CCCCC2S)C1. The second kappa shape index (κ2) is 7.76. The van der Waals surface area contributed by atoms with E-state index in [1.165, 1.54) is 58.2 Å². The lowest BCUT2D eigenvalue weighted by molar-refractivity contribution is 0.0597. The van der Waals surface area contributed by atoms with Gasteiger partial charge in [-0.05, 0) is 51.0 Å². The van der Waals surface area contributed by atoms with Crippen molar-refractivity contribution in [3.63, 3.8) is 0 Å². The van der Waals surface area contributed by atoms with Crippen molar-refractivity contribution in [2.45, 2.75) is 50.7 Å². The van der Waals surface area contributed by atoms with Crippen LogP contribution in [-0.2, 0) is 4.74 Å². The second-order valence-corrected chi connectivity index (χ2v) is 6.70. The Kier molecular flexibility index (Phi) is 6.33. The van der Waals surface area contributed by atoms with E-state index in [0.717, 1.165) is 25.0 Å². The molecule has 1 unspecified atom stereocenters. The summed E-state index contributed by atoms with van der Waals surface area (Å²) in [7, 11) is 0. The van der Waals surface area contributed by atoms with Crippen molar-refractivity contribution in [1.29, 1.82) is 0 Å². The monoisotopic (exact) mass is 271 g/mol. The van der Waals surface area contributed by atoms with E-state index in [9.17, 15) is 0 Å². The third-order valence-electron chi connectivity index (χ3n) is 4.52. The van der Waals surface area contributed by atoms with Crippen molar-refractivity contribution in [2.75, 3.05) is 32.8 Å². The normalized spacial score (nSPS) is 34.7. The van der Waals surface area contributed by atoms with Crippen LogP contribution in [0.25, 0.3) is 0 Å². The van der Waals surface area contributed by atoms with Gasteiger partial charge in [0, 0.05) is 24.9 Å². The molecule has 0 spiro atoms. The predicted octanol–water partition coefficient (Wildman–Crippen LogP) is 3.22. The van der Waals surface area contributed by atoms with Gasteiger partial charge in [-0.25, -0.2) is 0 Å². The van der Waals surface area contributed by atoms with E-state index < -0.39 is 0 Å². The van der Waals surface area contributed by atoms with Gasteiger partial charge in [0.25, 0.3) is 0 Å². The first-order chi connectivity index (χ1) is 8.79. The van der Waals surface area contributed by atoms with Crippen molar-refractivity contribution in [3.05, 3.63) is 0 Å². The van der Waals surface area contributed by atoms with Crippen LogP contribution in [0.15, 0.2) is 0 Å². The number of nitrogens with zero attached hydrogens (tertiary/aromatic N) is 1. The Labute approximate surface area is 118 Å². The van der Waals surface area contributed by atoms with Gasteiger partial charge in [0.1, 0.15) is 0 Å². The molecule has 2 nitrogen and oxygen atoms in total. The number of likely N-dealkylation sites (tertiary alicyclic amines) is 1. The van der Waals surface area contributed by atoms with Crippen molar-refractivity contribution in [2.24, 2.45) is 11.8 Å². The van der Waals surface area contributed by atoms with Crippen LogP contribution in [0.4, 0.5) is 0 Å². The maximum absolute atomic E-state index is 5.59. The maximum atomic E-state index is 5.59. The Morgan fingerprint density at radius 1 is 1.17 bits per heavy atom. The molecule has 3 heteroatoms. The van der Waals surface area contributed by atoms with Gasteiger partial charge in [-0.2, -0.15) is 12.6 Å². The first-order valence-electron chi connectivity index (χ1n) is 7.77. The zero-order chi connectivity index (χ0) is 12.8. The number of thiol groups is 1. The van der Waals surface area contributed by atoms with Gasteiger partial charge in [-0.1, -0.05) is 12.8 Å². The quantitative estimate of drug-likeness (QED) is 0.771. The lowest BCUT2D eigenvalue weighted by Crippen LogP contribution is -2.42. The predicted molar refractivity (Wildman–Crippen MR) is 80.4 cm³/mol. The Hall–Kier alpha value is 0.270. The fourth-order valence-corrected chi connectivity index (χ4v) is 3.90. The van der Waals surface area contributed by atoms with Crippen LogP contribution in [0, 0.1) is 11.8 Å². The molecule has 2 fully saturated rings. The zero-order valence-corrected chi connectivity index (χ0v) is 12.7. The summed E-state index contributed by atoms with van der Waals surface area (Å²) in [5.41, 5.74) is 0. The van der Waals surface area contributed by atoms with E-state index in [1.807, 2.05) is 0 Å². The lowest BCUT2D eigenvalue weighted by atomic mass is 9.87. The van der Waals surface area contributed by atoms with E-state index in [0.29, 0.717) is 5.25 Å². The molecule has 1 saturated heterocycles. The molecule has 0 bridgehead atoms. The molecule has 0 aromatic carbocycles. The molecular weight excluding hydrogens is 242 g/mol. The summed E-state index contributed by atoms with van der Waals surface area (Å²) in [6.45, 7) is 7.72. The van der Waals surface area contributed by atoms with E-state index in [1.54, 1.807) is 0 Å². The van der Waals surface area contributed by atoms with E-state index in [-0.39, 0.29) is 0 Å². The summed E-state index contributed by atoms with van der Waals surface area (Å²) in [5, 5.41) is 0.644. The molecule has 0 amide bonds. The molecule has 2 aliphatic rings. The Morgan fingerprint density at radius 3 is 2.78 bits per heavy atom. The number of hydrogen-bond acceptors (Lipinski definition) is 3. The van der Waals surface area contributed by atoms with Crippen molar-refractivity contribution in [3.8, 4) is 0 Å². The molecule has 1 heterocycles. The Balaban J connectivity index is 1.74. The van der Waals surface area contributed by atoms with E-state index in [4.69, 9.17) is 17.4 Å². The highest BCUT2D eigenvalue weighted by Crippen LogP contribution is 2.30. The number of hydrogen-bond donors (Lipinski definition) is 1. The summed E-state index contributed by atoms with van der Waals surface area (Å²) < 4.78 is 5.59. The van der Waals surface area contributed by atoms with Crippen LogP contribution in [0.3, 0.4) is 0 Å². The molecular formula is C15H29NOS. The van der Waals surface area contributed by atoms with Crippen LogP contribution >= 0.6 is 12.6 Å². The molecule has 0 radical (unpaired) electrons. The fourth-order valence-electron chi connectivity index (χ4n) is 3.47. The number of rotatable bonds is 5. The molecule has 0 aromatic rings. The minimum absolute atomic E-state index is 0.644. The van der Waals surface area contributed by atoms with Crippen LogP contribution in [0.5, 0.6) is 0 Å². The van der Waals surface area contributed by atoms with Crippen LogP contribution in [0.1, 0.15) is 45.4 Å². The first-order valence-corrected chi connectivity index (χ1v) is 8.29. The van der Waals surface area contributed by atoms with Crippen molar-refractivity contribution >= 4 is 12.6 Å². The Morgan fingerprint density at radius 2 is 2.00 bits per heavy atom. The molecule has 3 atom stereocenters. The van der Waals surface area contributed by atoms with Gasteiger partial charge in [0.05, 0.1) is 6.61 Å². The smallest absolute Gasteiger partial charge is 0.0506 e. The fraction of sp³-hybridized carbons (Fsp3) is 1.00. The van der Waals surface area contributed by atoms with E-state index in [2.05, 4.69) is 11.8 Å². The Bertz CT molecular complexity index is 237. The third-order valence-corrected chi connectivity index (χ3v) is 5.20. The van der Waals surface area contributed by atoms with Crippen LogP contribution in [0.2, 0.25) is 0 Å². The number of piperidine rings is 1. The number of ether oxygens (including phenoxy) is 1. The summed E-state index contributed by atoms with van der Waals surface area (Å²) >= 11 is 4.78. The molecule has 1 saturated carbocycles. The molecule has 2 rings (SSSR count). The molecule has 18 heavy (non-hydrogen) atoms. The second-order valence-electron chi connectivity index (χ2n) is 6.04. The van der Waals surface area contributed by atoms with Crippen LogP contribution < -0.4 is 0 Å². The average Bonchev–Trinajstić information content (AvgIpc) is 2.40. The van der Waals surface area contributed by atoms with Crippen molar-refractivity contribution < 1.29 is 4.74 Å². The van der Waals surface area contributed by atoms with Gasteiger partial charge in [0.2, 0.25) is 0 Å². The molecule has 106 valence electrons. The summed E-state index contributed by atoms with van der Waals surface area (Å²) in [5.74, 6) is 1.59. The largest absolute Gasteiger partial charge is 0.381 e. The minimum atomic E-state index is 0.644. The average molecular weight is 271 g/mol. The highest BCUT2D eigenvalue weighted by molar-refractivity contribution is 7.81. The zero-order valence-electron chi connectivity index (χ0n) is 11.8. The highest BCUT2D eigenvalue weighted by Gasteiger charge is 2.27. The summed E-state index contributed by atoms with van der Waals surface area (Å²) in [6.07, 6.45) is 8.22. The summed E-state index contributed by atoms with van der Waals surface area (Å²) in [4.78, 5) is 2.67. The van der Waals surface area contributed by atoms with Gasteiger partial charge < -0.3 is 9.64 Å². The van der Waals surface area contributed by atoms with Gasteiger partial charge in [-0.3, -0.25) is 0 Å². The van der Waals surface area contributed by atoms with E-state index >= 15 is 0 Å². The van der Waals surface area contributed by atoms with Crippen LogP contribution in [-0.4, -0.2) is 43.0 Å². The first kappa shape index (κ1) is 14.7. The molecule has 1 aliphatic heterocycles. The van der Waals surface area contributed by atoms with Crippen molar-refractivity contribution in [1.82, 2.24) is 4.90 Å². The van der Waals surface area contributed by atoms with Gasteiger partial charge in [0.15, 0.2) is 0 Å². The third kappa shape index (κ3) is 4.43. The van der Waals surface area contributed by atoms with Gasteiger partial charge >= 0.3 is 0 Å².